The molecule has 1 rings (SSSR count). The van der Waals surface area contributed by atoms with Gasteiger partial charge in [0.2, 0.25) is 0 Å². The maximum absolute atomic E-state index is 6.67. The van der Waals surface area contributed by atoms with Crippen LogP contribution in [0.3, 0.4) is 0 Å². The Bertz CT molecular complexity index is 174. The van der Waals surface area contributed by atoms with E-state index < -0.39 is 0 Å². The molecule has 38 valence electrons. The van der Waals surface area contributed by atoms with Crippen molar-refractivity contribution in [2.75, 3.05) is 0 Å². The summed E-state index contributed by atoms with van der Waals surface area (Å²) < 4.78 is 0. The van der Waals surface area contributed by atoms with E-state index in [4.69, 9.17) is 5.31 Å². The first-order valence-electron chi connectivity index (χ1n) is 2.06. The molecule has 0 saturated heterocycles. The standard InChI is InChI=1S/C3H3BN4/c5-4-3-7-1-6-2-8-3/h1-2,5H. The number of aromatic nitrogens is 3. The third-order valence-electron chi connectivity index (χ3n) is 0.642. The molecule has 0 bridgehead atoms. The van der Waals surface area contributed by atoms with Gasteiger partial charge in [0.25, 0.3) is 0 Å². The molecule has 1 N–H and O–H groups in total. The fourth-order valence-electron chi connectivity index (χ4n) is 0.323. The number of rotatable bonds is 1. The molecule has 0 radical (unpaired) electrons. The molecule has 0 aliphatic heterocycles. The summed E-state index contributed by atoms with van der Waals surface area (Å²) in [5.74, 6) is 0. The minimum absolute atomic E-state index is 0.389. The van der Waals surface area contributed by atoms with Crippen LogP contribution in [-0.2, 0) is 0 Å². The molecule has 1 heterocycles. The van der Waals surface area contributed by atoms with Crippen molar-refractivity contribution in [2.45, 2.75) is 0 Å². The summed E-state index contributed by atoms with van der Waals surface area (Å²) in [5.41, 5.74) is 0.389. The van der Waals surface area contributed by atoms with Gasteiger partial charge in [-0.1, -0.05) is 0 Å². The summed E-state index contributed by atoms with van der Waals surface area (Å²) in [6, 6.07) is 0. The molecule has 8 heavy (non-hydrogen) atoms. The van der Waals surface area contributed by atoms with Crippen molar-refractivity contribution in [3.63, 3.8) is 0 Å². The van der Waals surface area contributed by atoms with Crippen molar-refractivity contribution in [3.8, 4) is 0 Å². The van der Waals surface area contributed by atoms with Crippen LogP contribution in [-0.4, -0.2) is 22.0 Å². The van der Waals surface area contributed by atoms with Crippen LogP contribution in [0.5, 0.6) is 0 Å². The van der Waals surface area contributed by atoms with E-state index in [0.717, 1.165) is 7.07 Å². The molecule has 0 spiro atoms. The van der Waals surface area contributed by atoms with E-state index in [2.05, 4.69) is 15.0 Å². The fourth-order valence-corrected chi connectivity index (χ4v) is 0.323. The van der Waals surface area contributed by atoms with Gasteiger partial charge in [-0.15, -0.1) is 0 Å². The normalized spacial score (nSPS) is 8.00. The molecule has 0 aliphatic carbocycles. The first-order valence-corrected chi connectivity index (χ1v) is 2.06. The van der Waals surface area contributed by atoms with Gasteiger partial charge in [-0.05, 0) is 0 Å². The predicted molar refractivity (Wildman–Crippen MR) is 27.9 cm³/mol. The molecule has 0 atom stereocenters. The van der Waals surface area contributed by atoms with Crippen LogP contribution in [0.25, 0.3) is 0 Å². The van der Waals surface area contributed by atoms with E-state index >= 15 is 0 Å². The molecule has 0 fully saturated rings. The van der Waals surface area contributed by atoms with Crippen LogP contribution in [0.4, 0.5) is 0 Å². The van der Waals surface area contributed by atoms with Crippen LogP contribution < -0.4 is 5.72 Å². The van der Waals surface area contributed by atoms with Crippen molar-refractivity contribution in [3.05, 3.63) is 12.7 Å². The minimum atomic E-state index is 0.389. The molecule has 0 amide bonds. The first kappa shape index (κ1) is 5.02. The van der Waals surface area contributed by atoms with Crippen LogP contribution in [0, 0.1) is 5.31 Å². The van der Waals surface area contributed by atoms with E-state index in [9.17, 15) is 0 Å². The van der Waals surface area contributed by atoms with E-state index in [0.29, 0.717) is 5.72 Å². The van der Waals surface area contributed by atoms with Crippen LogP contribution in [0.15, 0.2) is 12.7 Å². The summed E-state index contributed by atoms with van der Waals surface area (Å²) in [5, 5.41) is 6.67. The average Bonchev–Trinajstić information content (AvgIpc) is 1.90. The molecule has 5 heteroatoms. The van der Waals surface area contributed by atoms with Gasteiger partial charge in [-0.3, -0.25) is 0 Å². The quantitative estimate of drug-likeness (QED) is 0.465. The Hall–Kier alpha value is -1.13. The Morgan fingerprint density at radius 3 is 2.38 bits per heavy atom. The van der Waals surface area contributed by atoms with Gasteiger partial charge in [-0.25, -0.2) is 0 Å². The molecule has 1 aromatic heterocycles. The van der Waals surface area contributed by atoms with Gasteiger partial charge in [0.1, 0.15) is 0 Å². The van der Waals surface area contributed by atoms with Crippen LogP contribution in [0.1, 0.15) is 0 Å². The van der Waals surface area contributed by atoms with Gasteiger partial charge in [0.05, 0.1) is 0 Å². The van der Waals surface area contributed by atoms with E-state index in [1.807, 2.05) is 0 Å². The molecule has 0 unspecified atom stereocenters. The molecule has 1 aromatic rings. The van der Waals surface area contributed by atoms with Crippen LogP contribution >= 0.6 is 0 Å². The Balaban J connectivity index is 2.99. The third-order valence-corrected chi connectivity index (χ3v) is 0.642. The molecular weight excluding hydrogens is 103 g/mol. The van der Waals surface area contributed by atoms with E-state index in [-0.39, 0.29) is 0 Å². The van der Waals surface area contributed by atoms with Gasteiger partial charge >= 0.3 is 45.7 Å². The van der Waals surface area contributed by atoms with Gasteiger partial charge in [-0.2, -0.15) is 0 Å². The zero-order chi connectivity index (χ0) is 5.82. The summed E-state index contributed by atoms with van der Waals surface area (Å²) in [4.78, 5) is 10.8. The molecule has 0 aliphatic rings. The van der Waals surface area contributed by atoms with Gasteiger partial charge in [0, 0.05) is 0 Å². The number of nitrogens with one attached hydrogen (secondary N) is 1. The van der Waals surface area contributed by atoms with Crippen molar-refractivity contribution < 1.29 is 0 Å². The monoisotopic (exact) mass is 106 g/mol. The first-order chi connectivity index (χ1) is 3.93. The van der Waals surface area contributed by atoms with Crippen molar-refractivity contribution in [1.82, 2.24) is 15.0 Å². The summed E-state index contributed by atoms with van der Waals surface area (Å²) in [7, 11) is 1.07. The van der Waals surface area contributed by atoms with Gasteiger partial charge < -0.3 is 0 Å². The van der Waals surface area contributed by atoms with Crippen LogP contribution in [0.2, 0.25) is 0 Å². The SMILES string of the molecule is N=Bc1ncncn1. The topological polar surface area (TPSA) is 62.5 Å². The third kappa shape index (κ3) is 0.929. The Morgan fingerprint density at radius 1 is 1.38 bits per heavy atom. The maximum atomic E-state index is 6.67. The van der Waals surface area contributed by atoms with E-state index in [1.54, 1.807) is 0 Å². The summed E-state index contributed by atoms with van der Waals surface area (Å²) in [6.45, 7) is 0. The molecule has 0 aromatic carbocycles. The van der Waals surface area contributed by atoms with Crippen molar-refractivity contribution in [1.29, 1.82) is 5.31 Å². The zero-order valence-corrected chi connectivity index (χ0v) is 4.07. The second kappa shape index (κ2) is 2.25. The number of hydrogen-bond acceptors (Lipinski definition) is 4. The van der Waals surface area contributed by atoms with E-state index in [1.165, 1.54) is 12.7 Å². The predicted octanol–water partition coefficient (Wildman–Crippen LogP) is -1.04. The Kier molecular flexibility index (Phi) is 1.41. The second-order valence-electron chi connectivity index (χ2n) is 1.14. The summed E-state index contributed by atoms with van der Waals surface area (Å²) >= 11 is 0. The summed E-state index contributed by atoms with van der Waals surface area (Å²) in [6.07, 6.45) is 2.71. The fraction of sp³-hybridized carbons (Fsp3) is 0. The van der Waals surface area contributed by atoms with Crippen molar-refractivity contribution >= 4 is 12.8 Å². The molecule has 4 nitrogen and oxygen atoms in total. The zero-order valence-electron chi connectivity index (χ0n) is 4.07. The average molecular weight is 106 g/mol. The van der Waals surface area contributed by atoms with Crippen molar-refractivity contribution in [2.24, 2.45) is 0 Å². The molecular formula is C3H3BN4. The Labute approximate surface area is 46.8 Å². The number of hydrogen-bond donors (Lipinski definition) is 1. The second-order valence-corrected chi connectivity index (χ2v) is 1.14. The number of nitrogens with zero attached hydrogens (tertiary/aromatic N) is 3. The molecule has 0 saturated carbocycles. The van der Waals surface area contributed by atoms with Gasteiger partial charge in [0.15, 0.2) is 0 Å². The Morgan fingerprint density at radius 2 is 2.00 bits per heavy atom.